The highest BCUT2D eigenvalue weighted by Gasteiger charge is 2.52. The summed E-state index contributed by atoms with van der Waals surface area (Å²) in [5.74, 6) is 1.15. The molecule has 3 aliphatic rings. The van der Waals surface area contributed by atoms with E-state index < -0.39 is 0 Å². The highest BCUT2D eigenvalue weighted by atomic mass is 16.3. The van der Waals surface area contributed by atoms with Crippen molar-refractivity contribution in [1.82, 2.24) is 0 Å². The van der Waals surface area contributed by atoms with Gasteiger partial charge in [-0.1, -0.05) is 148 Å². The predicted molar refractivity (Wildman–Crippen MR) is 253 cm³/mol. The third-order valence-electron chi connectivity index (χ3n) is 13.8. The van der Waals surface area contributed by atoms with Crippen molar-refractivity contribution in [2.24, 2.45) is 0 Å². The van der Waals surface area contributed by atoms with Crippen molar-refractivity contribution in [1.29, 1.82) is 0 Å². The average Bonchev–Trinajstić information content (AvgIpc) is 3.62. The molecule has 4 heteroatoms. The molecule has 0 saturated carbocycles. The van der Waals surface area contributed by atoms with Gasteiger partial charge in [0, 0.05) is 39.3 Å². The molecule has 3 heterocycles. The Balaban J connectivity index is 1.31. The Bertz CT molecular complexity index is 2830. The molecule has 0 spiro atoms. The first-order valence-corrected chi connectivity index (χ1v) is 21.7. The number of benzene rings is 6. The van der Waals surface area contributed by atoms with Crippen molar-refractivity contribution in [3.05, 3.63) is 149 Å². The smallest absolute Gasteiger partial charge is 0.297 e. The second kappa shape index (κ2) is 12.8. The number of anilines is 6. The minimum absolute atomic E-state index is 0.0395. The summed E-state index contributed by atoms with van der Waals surface area (Å²) in [4.78, 5) is 5.16. The third kappa shape index (κ3) is 5.84. The van der Waals surface area contributed by atoms with Crippen LogP contribution in [0.25, 0.3) is 21.9 Å². The Morgan fingerprint density at radius 1 is 0.576 bits per heavy atom. The largest absolute Gasteiger partial charge is 0.472 e. The van der Waals surface area contributed by atoms with E-state index in [1.165, 1.54) is 89.2 Å². The van der Waals surface area contributed by atoms with Gasteiger partial charge in [0.05, 0.1) is 17.0 Å². The van der Waals surface area contributed by atoms with E-state index in [4.69, 9.17) is 4.42 Å². The lowest BCUT2D eigenvalue weighted by atomic mass is 9.35. The number of hydrogen-bond acceptors (Lipinski definition) is 3. The second-order valence-corrected chi connectivity index (χ2v) is 21.0. The first-order chi connectivity index (χ1) is 27.9. The van der Waals surface area contributed by atoms with E-state index in [1.807, 2.05) is 0 Å². The molecule has 59 heavy (non-hydrogen) atoms. The van der Waals surface area contributed by atoms with E-state index >= 15 is 0 Å². The first-order valence-electron chi connectivity index (χ1n) is 21.7. The molecule has 0 atom stereocenters. The molecule has 3 nitrogen and oxygen atoms in total. The number of fused-ring (bicyclic) bond motifs is 7. The number of para-hydroxylation sites is 1. The van der Waals surface area contributed by atoms with E-state index in [0.717, 1.165) is 24.3 Å². The topological polar surface area (TPSA) is 19.6 Å². The summed E-state index contributed by atoms with van der Waals surface area (Å²) >= 11 is 0. The van der Waals surface area contributed by atoms with Crippen LogP contribution in [0.15, 0.2) is 126 Å². The summed E-state index contributed by atoms with van der Waals surface area (Å²) in [7, 11) is 0. The SMILES string of the molecule is Cc1cc2c3c(c1)N(c1ccc(C(C)(C)C)cc1)c1c(oc4c1C(C)(C)CCC4(C)C)B3c1ccc(C(C)(C)C)cc1N2c1ccccc1-c1ccc2ccccc2c1. The maximum absolute atomic E-state index is 7.56. The molecule has 2 aliphatic heterocycles. The van der Waals surface area contributed by atoms with Gasteiger partial charge in [-0.2, -0.15) is 0 Å². The standard InChI is InChI=1S/C55H57BN2O/c1-34-30-45-48-46(31-34)58(43-19-15-14-18-41(43)37-21-20-35-16-12-13-17-36(35)32-37)44-33-39(53(5,6)7)24-27-42(44)56(48)51-49(47-50(59-51)55(10,11)29-28-54(47,8)9)57(45)40-25-22-38(23-26-40)52(2,3)4/h12-27,30-33H,28-29H2,1-11H3. The van der Waals surface area contributed by atoms with Crippen LogP contribution in [0.4, 0.5) is 34.1 Å². The van der Waals surface area contributed by atoms with Crippen LogP contribution in [0.2, 0.25) is 0 Å². The van der Waals surface area contributed by atoms with E-state index in [0.29, 0.717) is 0 Å². The van der Waals surface area contributed by atoms with Gasteiger partial charge in [0.2, 0.25) is 0 Å². The summed E-state index contributed by atoms with van der Waals surface area (Å²) in [6, 6.07) is 46.1. The van der Waals surface area contributed by atoms with Crippen LogP contribution in [-0.4, -0.2) is 6.71 Å². The fourth-order valence-electron chi connectivity index (χ4n) is 10.3. The van der Waals surface area contributed by atoms with Crippen LogP contribution in [-0.2, 0) is 21.7 Å². The summed E-state index contributed by atoms with van der Waals surface area (Å²) in [6.45, 7) is 25.7. The van der Waals surface area contributed by atoms with Gasteiger partial charge in [-0.15, -0.1) is 0 Å². The zero-order valence-corrected chi connectivity index (χ0v) is 36.8. The summed E-state index contributed by atoms with van der Waals surface area (Å²) in [6.07, 6.45) is 2.20. The number of hydrogen-bond donors (Lipinski definition) is 0. The fourth-order valence-corrected chi connectivity index (χ4v) is 10.3. The molecule has 0 fully saturated rings. The van der Waals surface area contributed by atoms with Crippen molar-refractivity contribution in [3.8, 4) is 11.1 Å². The fraction of sp³-hybridized carbons (Fsp3) is 0.309. The van der Waals surface area contributed by atoms with Crippen LogP contribution in [0.5, 0.6) is 0 Å². The predicted octanol–water partition coefficient (Wildman–Crippen LogP) is 13.4. The van der Waals surface area contributed by atoms with Gasteiger partial charge in [-0.3, -0.25) is 0 Å². The normalized spacial score (nSPS) is 16.4. The van der Waals surface area contributed by atoms with Gasteiger partial charge in [-0.25, -0.2) is 0 Å². The van der Waals surface area contributed by atoms with E-state index in [2.05, 4.69) is 207 Å². The van der Waals surface area contributed by atoms with E-state index in [1.54, 1.807) is 0 Å². The Morgan fingerprint density at radius 3 is 1.92 bits per heavy atom. The van der Waals surface area contributed by atoms with Crippen molar-refractivity contribution < 1.29 is 4.42 Å². The number of rotatable bonds is 3. The zero-order valence-electron chi connectivity index (χ0n) is 36.8. The lowest BCUT2D eigenvalue weighted by Gasteiger charge is -2.45. The van der Waals surface area contributed by atoms with E-state index in [9.17, 15) is 0 Å². The van der Waals surface area contributed by atoms with E-state index in [-0.39, 0.29) is 28.4 Å². The molecule has 0 amide bonds. The minimum Gasteiger partial charge on any atom is -0.472 e. The molecule has 1 aliphatic carbocycles. The molecule has 10 rings (SSSR count). The highest BCUT2D eigenvalue weighted by Crippen LogP contribution is 2.55. The average molecular weight is 773 g/mol. The van der Waals surface area contributed by atoms with Crippen LogP contribution in [0.3, 0.4) is 0 Å². The van der Waals surface area contributed by atoms with Gasteiger partial charge >= 0.3 is 0 Å². The quantitative estimate of drug-likeness (QED) is 0.167. The van der Waals surface area contributed by atoms with Gasteiger partial charge in [0.15, 0.2) is 0 Å². The Labute approximate surface area is 352 Å². The molecule has 296 valence electrons. The van der Waals surface area contributed by atoms with Crippen LogP contribution < -0.4 is 26.4 Å². The lowest BCUT2D eigenvalue weighted by Crippen LogP contribution is -2.61. The van der Waals surface area contributed by atoms with Crippen molar-refractivity contribution in [2.75, 3.05) is 9.80 Å². The number of nitrogens with zero attached hydrogens (tertiary/aromatic N) is 2. The monoisotopic (exact) mass is 772 g/mol. The first kappa shape index (κ1) is 37.8. The van der Waals surface area contributed by atoms with Gasteiger partial charge < -0.3 is 14.2 Å². The lowest BCUT2D eigenvalue weighted by molar-refractivity contribution is 0.282. The summed E-state index contributed by atoms with van der Waals surface area (Å²) < 4.78 is 7.56. The Hall–Kier alpha value is -5.48. The van der Waals surface area contributed by atoms with Crippen LogP contribution in [0, 0.1) is 6.92 Å². The second-order valence-electron chi connectivity index (χ2n) is 21.0. The van der Waals surface area contributed by atoms with Crippen molar-refractivity contribution in [2.45, 2.75) is 111 Å². The minimum atomic E-state index is -0.0900. The van der Waals surface area contributed by atoms with Gasteiger partial charge in [0.1, 0.15) is 5.76 Å². The molecule has 1 aromatic heterocycles. The van der Waals surface area contributed by atoms with Crippen LogP contribution >= 0.6 is 0 Å². The summed E-state index contributed by atoms with van der Waals surface area (Å²) in [5, 5.41) is 2.50. The molecule has 0 unspecified atom stereocenters. The van der Waals surface area contributed by atoms with Crippen molar-refractivity contribution >= 4 is 68.2 Å². The molecule has 0 radical (unpaired) electrons. The van der Waals surface area contributed by atoms with Crippen LogP contribution in [0.1, 0.15) is 110 Å². The molecule has 0 bridgehead atoms. The van der Waals surface area contributed by atoms with Crippen molar-refractivity contribution in [3.63, 3.8) is 0 Å². The van der Waals surface area contributed by atoms with Gasteiger partial charge in [0.25, 0.3) is 6.71 Å². The molecule has 7 aromatic rings. The Morgan fingerprint density at radius 2 is 1.20 bits per heavy atom. The van der Waals surface area contributed by atoms with Gasteiger partial charge in [-0.05, 0) is 122 Å². The zero-order chi connectivity index (χ0) is 41.4. The molecule has 0 saturated heterocycles. The maximum Gasteiger partial charge on any atom is 0.297 e. The third-order valence-corrected chi connectivity index (χ3v) is 13.8. The molecule has 0 N–H and O–H groups in total. The number of furan rings is 1. The molecule has 6 aromatic carbocycles. The summed E-state index contributed by atoms with van der Waals surface area (Å²) in [5.41, 5.74) is 18.5. The molecular formula is C55H57BN2O. The number of aryl methyl sites for hydroxylation is 1. The molecular weight excluding hydrogens is 715 g/mol. The highest BCUT2D eigenvalue weighted by molar-refractivity contribution is 6.99. The Kier molecular flexibility index (Phi) is 8.17. The maximum atomic E-state index is 7.56.